The number of hydrogen-bond donors (Lipinski definition) is 0. The SMILES string of the molecule is C=Cc1cc(C)c(C)c(Cl)c1. The van der Waals surface area contributed by atoms with Crippen LogP contribution in [0.4, 0.5) is 0 Å². The van der Waals surface area contributed by atoms with Gasteiger partial charge in [0.05, 0.1) is 0 Å². The van der Waals surface area contributed by atoms with Crippen molar-refractivity contribution in [1.82, 2.24) is 0 Å². The highest BCUT2D eigenvalue weighted by Gasteiger charge is 1.98. The Labute approximate surface area is 72.5 Å². The fraction of sp³-hybridized carbons (Fsp3) is 0.200. The van der Waals surface area contributed by atoms with Gasteiger partial charge in [-0.05, 0) is 36.6 Å². The van der Waals surface area contributed by atoms with Crippen LogP contribution in [0.2, 0.25) is 5.02 Å². The molecule has 1 aromatic carbocycles. The van der Waals surface area contributed by atoms with Gasteiger partial charge in [-0.3, -0.25) is 0 Å². The first kappa shape index (κ1) is 8.35. The van der Waals surface area contributed by atoms with Crippen LogP contribution in [0.3, 0.4) is 0 Å². The van der Waals surface area contributed by atoms with Crippen LogP contribution in [-0.2, 0) is 0 Å². The highest BCUT2D eigenvalue weighted by Crippen LogP contribution is 2.21. The molecular formula is C10H11Cl. The van der Waals surface area contributed by atoms with E-state index in [0.717, 1.165) is 16.1 Å². The minimum Gasteiger partial charge on any atom is -0.0985 e. The van der Waals surface area contributed by atoms with Crippen LogP contribution < -0.4 is 0 Å². The molecule has 1 aromatic rings. The van der Waals surface area contributed by atoms with Gasteiger partial charge in [0.2, 0.25) is 0 Å². The molecule has 11 heavy (non-hydrogen) atoms. The lowest BCUT2D eigenvalue weighted by molar-refractivity contribution is 1.33. The Bertz CT molecular complexity index is 264. The fourth-order valence-electron chi connectivity index (χ4n) is 0.961. The number of benzene rings is 1. The van der Waals surface area contributed by atoms with E-state index in [1.807, 2.05) is 19.9 Å². The molecule has 58 valence electrons. The summed E-state index contributed by atoms with van der Waals surface area (Å²) in [7, 11) is 0. The van der Waals surface area contributed by atoms with Crippen LogP contribution in [-0.4, -0.2) is 0 Å². The van der Waals surface area contributed by atoms with Crippen LogP contribution in [0, 0.1) is 13.8 Å². The Morgan fingerprint density at radius 3 is 2.45 bits per heavy atom. The van der Waals surface area contributed by atoms with E-state index in [1.165, 1.54) is 5.56 Å². The number of hydrogen-bond acceptors (Lipinski definition) is 0. The maximum atomic E-state index is 5.95. The molecule has 0 aliphatic heterocycles. The second-order valence-corrected chi connectivity index (χ2v) is 3.06. The van der Waals surface area contributed by atoms with E-state index < -0.39 is 0 Å². The molecule has 0 aliphatic carbocycles. The molecule has 0 fully saturated rings. The van der Waals surface area contributed by atoms with Crippen molar-refractivity contribution in [1.29, 1.82) is 0 Å². The molecule has 0 saturated carbocycles. The Hall–Kier alpha value is -0.750. The quantitative estimate of drug-likeness (QED) is 0.598. The standard InChI is InChI=1S/C10H11Cl/c1-4-9-5-7(2)8(3)10(11)6-9/h4-6H,1H2,2-3H3. The van der Waals surface area contributed by atoms with Gasteiger partial charge in [0.25, 0.3) is 0 Å². The summed E-state index contributed by atoms with van der Waals surface area (Å²) in [5.41, 5.74) is 3.45. The monoisotopic (exact) mass is 166 g/mol. The Balaban J connectivity index is 3.31. The second-order valence-electron chi connectivity index (χ2n) is 2.65. The van der Waals surface area contributed by atoms with Crippen molar-refractivity contribution in [2.75, 3.05) is 0 Å². The van der Waals surface area contributed by atoms with Crippen LogP contribution in [0.5, 0.6) is 0 Å². The van der Waals surface area contributed by atoms with Gasteiger partial charge in [-0.25, -0.2) is 0 Å². The number of halogens is 1. The van der Waals surface area contributed by atoms with E-state index in [0.29, 0.717) is 0 Å². The first-order valence-corrected chi connectivity index (χ1v) is 3.92. The molecule has 0 radical (unpaired) electrons. The van der Waals surface area contributed by atoms with Crippen molar-refractivity contribution in [2.24, 2.45) is 0 Å². The predicted molar refractivity (Wildman–Crippen MR) is 51.0 cm³/mol. The maximum Gasteiger partial charge on any atom is 0.0443 e. The molecule has 0 atom stereocenters. The van der Waals surface area contributed by atoms with Crippen molar-refractivity contribution in [3.63, 3.8) is 0 Å². The average Bonchev–Trinajstić information content (AvgIpc) is 1.99. The highest BCUT2D eigenvalue weighted by atomic mass is 35.5. The molecule has 0 aromatic heterocycles. The van der Waals surface area contributed by atoms with Crippen LogP contribution in [0.1, 0.15) is 16.7 Å². The fourth-order valence-corrected chi connectivity index (χ4v) is 1.24. The van der Waals surface area contributed by atoms with Gasteiger partial charge >= 0.3 is 0 Å². The van der Waals surface area contributed by atoms with E-state index in [9.17, 15) is 0 Å². The molecule has 0 amide bonds. The van der Waals surface area contributed by atoms with Gasteiger partial charge < -0.3 is 0 Å². The van der Waals surface area contributed by atoms with Gasteiger partial charge in [0.15, 0.2) is 0 Å². The zero-order chi connectivity index (χ0) is 8.43. The summed E-state index contributed by atoms with van der Waals surface area (Å²) in [6.45, 7) is 7.75. The van der Waals surface area contributed by atoms with Gasteiger partial charge in [-0.2, -0.15) is 0 Å². The third-order valence-corrected chi connectivity index (χ3v) is 2.25. The largest absolute Gasteiger partial charge is 0.0985 e. The molecule has 1 heteroatoms. The summed E-state index contributed by atoms with van der Waals surface area (Å²) < 4.78 is 0. The third kappa shape index (κ3) is 1.63. The highest BCUT2D eigenvalue weighted by molar-refractivity contribution is 6.31. The lowest BCUT2D eigenvalue weighted by Crippen LogP contribution is -1.83. The minimum atomic E-state index is 0.819. The molecule has 0 spiro atoms. The molecule has 0 N–H and O–H groups in total. The zero-order valence-electron chi connectivity index (χ0n) is 6.82. The smallest absolute Gasteiger partial charge is 0.0443 e. The summed E-state index contributed by atoms with van der Waals surface area (Å²) >= 11 is 5.95. The summed E-state index contributed by atoms with van der Waals surface area (Å²) in [6.07, 6.45) is 1.80. The summed E-state index contributed by atoms with van der Waals surface area (Å²) in [4.78, 5) is 0. The Kier molecular flexibility index (Phi) is 2.35. The summed E-state index contributed by atoms with van der Waals surface area (Å²) in [6, 6.07) is 4.01. The van der Waals surface area contributed by atoms with Crippen molar-refractivity contribution >= 4 is 17.7 Å². The molecule has 0 unspecified atom stereocenters. The molecule has 0 bridgehead atoms. The van der Waals surface area contributed by atoms with Gasteiger partial charge in [0, 0.05) is 5.02 Å². The van der Waals surface area contributed by atoms with E-state index >= 15 is 0 Å². The number of aryl methyl sites for hydroxylation is 1. The molecule has 0 aliphatic rings. The van der Waals surface area contributed by atoms with Crippen molar-refractivity contribution in [2.45, 2.75) is 13.8 Å². The third-order valence-electron chi connectivity index (χ3n) is 1.86. The van der Waals surface area contributed by atoms with E-state index in [2.05, 4.69) is 12.6 Å². The number of rotatable bonds is 1. The summed E-state index contributed by atoms with van der Waals surface area (Å²) in [5, 5.41) is 0.819. The van der Waals surface area contributed by atoms with Gasteiger partial charge in [-0.15, -0.1) is 0 Å². The van der Waals surface area contributed by atoms with Crippen molar-refractivity contribution < 1.29 is 0 Å². The predicted octanol–water partition coefficient (Wildman–Crippen LogP) is 3.60. The van der Waals surface area contributed by atoms with Gasteiger partial charge in [0.1, 0.15) is 0 Å². The molecule has 1 rings (SSSR count). The Morgan fingerprint density at radius 1 is 1.36 bits per heavy atom. The normalized spacial score (nSPS) is 9.73. The van der Waals surface area contributed by atoms with Gasteiger partial charge in [-0.1, -0.05) is 30.3 Å². The van der Waals surface area contributed by atoms with E-state index in [1.54, 1.807) is 6.08 Å². The minimum absolute atomic E-state index is 0.819. The summed E-state index contributed by atoms with van der Waals surface area (Å²) in [5.74, 6) is 0. The van der Waals surface area contributed by atoms with Crippen LogP contribution in [0.15, 0.2) is 18.7 Å². The van der Waals surface area contributed by atoms with Crippen LogP contribution >= 0.6 is 11.6 Å². The first-order valence-electron chi connectivity index (χ1n) is 3.54. The lowest BCUT2D eigenvalue weighted by Gasteiger charge is -2.03. The van der Waals surface area contributed by atoms with E-state index in [4.69, 9.17) is 11.6 Å². The average molecular weight is 167 g/mol. The maximum absolute atomic E-state index is 5.95. The molecule has 0 heterocycles. The molecule has 0 nitrogen and oxygen atoms in total. The first-order chi connectivity index (χ1) is 5.15. The topological polar surface area (TPSA) is 0 Å². The van der Waals surface area contributed by atoms with Crippen molar-refractivity contribution in [3.05, 3.63) is 40.4 Å². The zero-order valence-corrected chi connectivity index (χ0v) is 7.57. The van der Waals surface area contributed by atoms with Crippen LogP contribution in [0.25, 0.3) is 6.08 Å². The molecule has 0 saturated heterocycles. The Morgan fingerprint density at radius 2 is 2.00 bits per heavy atom. The lowest BCUT2D eigenvalue weighted by atomic mass is 10.1. The second kappa shape index (κ2) is 3.10. The molecular weight excluding hydrogens is 156 g/mol. The van der Waals surface area contributed by atoms with Crippen molar-refractivity contribution in [3.8, 4) is 0 Å². The van der Waals surface area contributed by atoms with E-state index in [-0.39, 0.29) is 0 Å².